The number of rotatable bonds is 7. The molecule has 6 heteroatoms. The Morgan fingerprint density at radius 1 is 1.17 bits per heavy atom. The van der Waals surface area contributed by atoms with Crippen LogP contribution < -0.4 is 10.6 Å². The zero-order chi connectivity index (χ0) is 15.9. The van der Waals surface area contributed by atoms with Gasteiger partial charge in [0.05, 0.1) is 6.54 Å². The SMILES string of the molecule is CCCNC(=O)CN(CCC)C(=O)c1ccc2c(c1)CNC2.Cl. The summed E-state index contributed by atoms with van der Waals surface area (Å²) in [5.74, 6) is -0.158. The monoisotopic (exact) mass is 339 g/mol. The number of benzene rings is 1. The van der Waals surface area contributed by atoms with Crippen LogP contribution in [0.2, 0.25) is 0 Å². The third-order valence-electron chi connectivity index (χ3n) is 3.77. The molecule has 0 saturated heterocycles. The first-order valence-electron chi connectivity index (χ1n) is 8.04. The highest BCUT2D eigenvalue weighted by Gasteiger charge is 2.20. The Morgan fingerprint density at radius 3 is 2.61 bits per heavy atom. The van der Waals surface area contributed by atoms with Crippen LogP contribution in [0.4, 0.5) is 0 Å². The zero-order valence-electron chi connectivity index (χ0n) is 13.9. The van der Waals surface area contributed by atoms with E-state index in [0.717, 1.165) is 25.9 Å². The van der Waals surface area contributed by atoms with E-state index in [1.54, 1.807) is 4.90 Å². The molecule has 0 unspecified atom stereocenters. The van der Waals surface area contributed by atoms with Crippen LogP contribution in [0.25, 0.3) is 0 Å². The first-order chi connectivity index (χ1) is 10.7. The van der Waals surface area contributed by atoms with Gasteiger partial charge in [-0.1, -0.05) is 19.9 Å². The number of hydrogen-bond donors (Lipinski definition) is 2. The van der Waals surface area contributed by atoms with Gasteiger partial charge in [0.15, 0.2) is 0 Å². The van der Waals surface area contributed by atoms with Crippen LogP contribution in [-0.4, -0.2) is 36.3 Å². The van der Waals surface area contributed by atoms with Crippen LogP contribution in [0.15, 0.2) is 18.2 Å². The second-order valence-corrected chi connectivity index (χ2v) is 5.66. The maximum Gasteiger partial charge on any atom is 0.254 e. The maximum absolute atomic E-state index is 12.7. The predicted octanol–water partition coefficient (Wildman–Crippen LogP) is 2.09. The highest BCUT2D eigenvalue weighted by molar-refractivity contribution is 5.96. The molecule has 1 aromatic carbocycles. The van der Waals surface area contributed by atoms with E-state index in [-0.39, 0.29) is 30.8 Å². The van der Waals surface area contributed by atoms with Gasteiger partial charge in [0.2, 0.25) is 5.91 Å². The first-order valence-corrected chi connectivity index (χ1v) is 8.04. The maximum atomic E-state index is 12.7. The fraction of sp³-hybridized carbons (Fsp3) is 0.529. The normalized spacial score (nSPS) is 12.3. The van der Waals surface area contributed by atoms with Crippen LogP contribution in [-0.2, 0) is 17.9 Å². The van der Waals surface area contributed by atoms with Gasteiger partial charge < -0.3 is 15.5 Å². The third-order valence-corrected chi connectivity index (χ3v) is 3.77. The van der Waals surface area contributed by atoms with E-state index in [0.29, 0.717) is 18.7 Å². The third kappa shape index (κ3) is 5.22. The second-order valence-electron chi connectivity index (χ2n) is 5.66. The van der Waals surface area contributed by atoms with Crippen molar-refractivity contribution in [3.63, 3.8) is 0 Å². The van der Waals surface area contributed by atoms with E-state index in [1.807, 2.05) is 32.0 Å². The van der Waals surface area contributed by atoms with Crippen molar-refractivity contribution < 1.29 is 9.59 Å². The predicted molar refractivity (Wildman–Crippen MR) is 93.7 cm³/mol. The summed E-state index contributed by atoms with van der Waals surface area (Å²) in [4.78, 5) is 26.2. The van der Waals surface area contributed by atoms with Gasteiger partial charge in [0.1, 0.15) is 0 Å². The van der Waals surface area contributed by atoms with E-state index < -0.39 is 0 Å². The van der Waals surface area contributed by atoms with E-state index in [9.17, 15) is 9.59 Å². The summed E-state index contributed by atoms with van der Waals surface area (Å²) < 4.78 is 0. The van der Waals surface area contributed by atoms with Gasteiger partial charge >= 0.3 is 0 Å². The minimum absolute atomic E-state index is 0. The number of fused-ring (bicyclic) bond motifs is 1. The molecular formula is C17H26ClN3O2. The number of amides is 2. The van der Waals surface area contributed by atoms with Gasteiger partial charge in [-0.25, -0.2) is 0 Å². The Bertz CT molecular complexity index is 549. The molecule has 128 valence electrons. The summed E-state index contributed by atoms with van der Waals surface area (Å²) in [6.45, 7) is 7.06. The molecule has 1 aromatic rings. The number of carbonyl (C=O) groups is 2. The van der Waals surface area contributed by atoms with Crippen molar-refractivity contribution in [2.75, 3.05) is 19.6 Å². The highest BCUT2D eigenvalue weighted by atomic mass is 35.5. The largest absolute Gasteiger partial charge is 0.355 e. The van der Waals surface area contributed by atoms with Crippen molar-refractivity contribution in [2.45, 2.75) is 39.8 Å². The summed E-state index contributed by atoms with van der Waals surface area (Å²) >= 11 is 0. The summed E-state index contributed by atoms with van der Waals surface area (Å²) in [5, 5.41) is 6.10. The van der Waals surface area contributed by atoms with Crippen LogP contribution in [0.5, 0.6) is 0 Å². The van der Waals surface area contributed by atoms with Gasteiger partial charge in [-0.3, -0.25) is 9.59 Å². The molecule has 5 nitrogen and oxygen atoms in total. The smallest absolute Gasteiger partial charge is 0.254 e. The van der Waals surface area contributed by atoms with E-state index in [4.69, 9.17) is 0 Å². The topological polar surface area (TPSA) is 61.4 Å². The molecular weight excluding hydrogens is 314 g/mol. The number of nitrogens with one attached hydrogen (secondary N) is 2. The molecule has 0 atom stereocenters. The van der Waals surface area contributed by atoms with Crippen molar-refractivity contribution in [2.24, 2.45) is 0 Å². The quantitative estimate of drug-likeness (QED) is 0.799. The lowest BCUT2D eigenvalue weighted by Gasteiger charge is -2.22. The molecule has 2 rings (SSSR count). The number of nitrogens with zero attached hydrogens (tertiary/aromatic N) is 1. The van der Waals surface area contributed by atoms with Crippen molar-refractivity contribution in [1.82, 2.24) is 15.5 Å². The van der Waals surface area contributed by atoms with Crippen molar-refractivity contribution in [1.29, 1.82) is 0 Å². The Balaban J connectivity index is 0.00000264. The molecule has 1 aliphatic rings. The van der Waals surface area contributed by atoms with Crippen molar-refractivity contribution in [3.05, 3.63) is 34.9 Å². The molecule has 0 spiro atoms. The minimum Gasteiger partial charge on any atom is -0.355 e. The van der Waals surface area contributed by atoms with Gasteiger partial charge in [0, 0.05) is 31.7 Å². The van der Waals surface area contributed by atoms with Crippen molar-refractivity contribution >= 4 is 24.2 Å². The lowest BCUT2D eigenvalue weighted by molar-refractivity contribution is -0.121. The summed E-state index contributed by atoms with van der Waals surface area (Å²) in [5.41, 5.74) is 3.09. The summed E-state index contributed by atoms with van der Waals surface area (Å²) in [6.07, 6.45) is 1.73. The lowest BCUT2D eigenvalue weighted by Crippen LogP contribution is -2.41. The average Bonchev–Trinajstić information content (AvgIpc) is 2.99. The molecule has 1 aliphatic heterocycles. The Hall–Kier alpha value is -1.59. The van der Waals surface area contributed by atoms with Gasteiger partial charge in [-0.2, -0.15) is 0 Å². The van der Waals surface area contributed by atoms with Crippen LogP contribution in [0.3, 0.4) is 0 Å². The highest BCUT2D eigenvalue weighted by Crippen LogP contribution is 2.18. The van der Waals surface area contributed by atoms with Gasteiger partial charge in [-0.15, -0.1) is 12.4 Å². The number of carbonyl (C=O) groups excluding carboxylic acids is 2. The first kappa shape index (κ1) is 19.5. The Kier molecular flexibility index (Phi) is 8.06. The molecule has 23 heavy (non-hydrogen) atoms. The van der Waals surface area contributed by atoms with Crippen LogP contribution >= 0.6 is 12.4 Å². The van der Waals surface area contributed by atoms with Gasteiger partial charge in [-0.05, 0) is 36.1 Å². The molecule has 0 saturated carbocycles. The molecule has 2 amide bonds. The molecule has 1 heterocycles. The van der Waals surface area contributed by atoms with Crippen molar-refractivity contribution in [3.8, 4) is 0 Å². The molecule has 2 N–H and O–H groups in total. The standard InChI is InChI=1S/C17H25N3O2.ClH/c1-3-7-19-16(21)12-20(8-4-2)17(22)13-5-6-14-10-18-11-15(14)9-13;/h5-6,9,18H,3-4,7-8,10-12H2,1-2H3,(H,19,21);1H. The molecule has 0 bridgehead atoms. The summed E-state index contributed by atoms with van der Waals surface area (Å²) in [7, 11) is 0. The van der Waals surface area contributed by atoms with E-state index >= 15 is 0 Å². The number of hydrogen-bond acceptors (Lipinski definition) is 3. The fourth-order valence-corrected chi connectivity index (χ4v) is 2.63. The molecule has 0 fully saturated rings. The lowest BCUT2D eigenvalue weighted by atomic mass is 10.1. The molecule has 0 radical (unpaired) electrons. The Labute approximate surface area is 144 Å². The zero-order valence-corrected chi connectivity index (χ0v) is 14.7. The van der Waals surface area contributed by atoms with Gasteiger partial charge in [0.25, 0.3) is 5.91 Å². The van der Waals surface area contributed by atoms with Crippen LogP contribution in [0.1, 0.15) is 48.2 Å². The minimum atomic E-state index is -0.0912. The van der Waals surface area contributed by atoms with E-state index in [1.165, 1.54) is 11.1 Å². The Morgan fingerprint density at radius 2 is 1.91 bits per heavy atom. The summed E-state index contributed by atoms with van der Waals surface area (Å²) in [6, 6.07) is 5.81. The van der Waals surface area contributed by atoms with Crippen LogP contribution in [0, 0.1) is 0 Å². The second kappa shape index (κ2) is 9.53. The number of halogens is 1. The molecule has 0 aliphatic carbocycles. The average molecular weight is 340 g/mol. The molecule has 0 aromatic heterocycles. The van der Waals surface area contributed by atoms with E-state index in [2.05, 4.69) is 10.6 Å². The fourth-order valence-electron chi connectivity index (χ4n) is 2.63.